The van der Waals surface area contributed by atoms with Gasteiger partial charge in [0.15, 0.2) is 0 Å². The first-order valence-electron chi connectivity index (χ1n) is 6.58. The van der Waals surface area contributed by atoms with Crippen LogP contribution in [0.3, 0.4) is 0 Å². The second-order valence-electron chi connectivity index (χ2n) is 4.73. The van der Waals surface area contributed by atoms with Crippen LogP contribution in [0.2, 0.25) is 5.02 Å². The van der Waals surface area contributed by atoms with Gasteiger partial charge in [-0.05, 0) is 36.4 Å². The van der Waals surface area contributed by atoms with Crippen LogP contribution in [0.4, 0.5) is 0 Å². The van der Waals surface area contributed by atoms with Crippen molar-refractivity contribution in [3.63, 3.8) is 0 Å². The third-order valence-corrected chi connectivity index (χ3v) is 3.56. The van der Waals surface area contributed by atoms with Crippen molar-refractivity contribution in [3.8, 4) is 11.4 Å². The summed E-state index contributed by atoms with van der Waals surface area (Å²) in [4.78, 5) is 15.5. The first kappa shape index (κ1) is 13.6. The molecular formula is C16H13ClN2O2. The van der Waals surface area contributed by atoms with Crippen LogP contribution in [0.1, 0.15) is 6.42 Å². The molecule has 1 aromatic heterocycles. The number of fused-ring (bicyclic) bond motifs is 1. The summed E-state index contributed by atoms with van der Waals surface area (Å²) in [7, 11) is 0. The molecular weight excluding hydrogens is 288 g/mol. The van der Waals surface area contributed by atoms with Gasteiger partial charge in [0.05, 0.1) is 17.5 Å². The SMILES string of the molecule is O=C(O)CCn1c(-c2ccc(Cl)cc2)nc2ccccc21. The van der Waals surface area contributed by atoms with Crippen LogP contribution in [0, 0.1) is 0 Å². The molecule has 0 fully saturated rings. The van der Waals surface area contributed by atoms with Gasteiger partial charge in [0.2, 0.25) is 0 Å². The Kier molecular flexibility index (Phi) is 3.62. The molecule has 0 saturated heterocycles. The van der Waals surface area contributed by atoms with Crippen LogP contribution in [0.25, 0.3) is 22.4 Å². The number of imidazole rings is 1. The van der Waals surface area contributed by atoms with Crippen molar-refractivity contribution in [2.75, 3.05) is 0 Å². The van der Waals surface area contributed by atoms with E-state index in [1.807, 2.05) is 41.0 Å². The number of halogens is 1. The Morgan fingerprint density at radius 3 is 2.57 bits per heavy atom. The van der Waals surface area contributed by atoms with E-state index >= 15 is 0 Å². The zero-order valence-corrected chi connectivity index (χ0v) is 11.9. The van der Waals surface area contributed by atoms with Crippen molar-refractivity contribution < 1.29 is 9.90 Å². The molecule has 0 aliphatic rings. The van der Waals surface area contributed by atoms with Gasteiger partial charge in [0.1, 0.15) is 5.82 Å². The summed E-state index contributed by atoms with van der Waals surface area (Å²) in [6.45, 7) is 0.383. The van der Waals surface area contributed by atoms with Crippen LogP contribution in [-0.4, -0.2) is 20.6 Å². The number of aromatic nitrogens is 2. The lowest BCUT2D eigenvalue weighted by atomic mass is 10.2. The summed E-state index contributed by atoms with van der Waals surface area (Å²) in [6, 6.07) is 15.1. The molecule has 0 amide bonds. The maximum absolute atomic E-state index is 10.9. The monoisotopic (exact) mass is 300 g/mol. The van der Waals surface area contributed by atoms with Crippen molar-refractivity contribution in [3.05, 3.63) is 53.6 Å². The van der Waals surface area contributed by atoms with E-state index in [0.717, 1.165) is 22.4 Å². The molecule has 106 valence electrons. The minimum Gasteiger partial charge on any atom is -0.481 e. The van der Waals surface area contributed by atoms with Gasteiger partial charge < -0.3 is 9.67 Å². The Morgan fingerprint density at radius 2 is 1.86 bits per heavy atom. The second kappa shape index (κ2) is 5.58. The minimum atomic E-state index is -0.824. The topological polar surface area (TPSA) is 55.1 Å². The van der Waals surface area contributed by atoms with Crippen molar-refractivity contribution in [2.24, 2.45) is 0 Å². The molecule has 0 aliphatic heterocycles. The fourth-order valence-electron chi connectivity index (χ4n) is 2.33. The number of aryl methyl sites for hydroxylation is 1. The van der Waals surface area contributed by atoms with Crippen molar-refractivity contribution in [1.29, 1.82) is 0 Å². The van der Waals surface area contributed by atoms with Gasteiger partial charge >= 0.3 is 5.97 Å². The zero-order chi connectivity index (χ0) is 14.8. The van der Waals surface area contributed by atoms with Gasteiger partial charge in [-0.15, -0.1) is 0 Å². The lowest BCUT2D eigenvalue weighted by molar-refractivity contribution is -0.137. The van der Waals surface area contributed by atoms with Crippen molar-refractivity contribution >= 4 is 28.6 Å². The summed E-state index contributed by atoms with van der Waals surface area (Å²) >= 11 is 5.92. The highest BCUT2D eigenvalue weighted by molar-refractivity contribution is 6.30. The lowest BCUT2D eigenvalue weighted by Crippen LogP contribution is -2.06. The molecule has 0 aliphatic carbocycles. The Balaban J connectivity index is 2.13. The number of carboxylic acid groups (broad SMARTS) is 1. The Hall–Kier alpha value is -2.33. The third kappa shape index (κ3) is 2.76. The van der Waals surface area contributed by atoms with Gasteiger partial charge in [-0.2, -0.15) is 0 Å². The highest BCUT2D eigenvalue weighted by Crippen LogP contribution is 2.26. The number of hydrogen-bond donors (Lipinski definition) is 1. The molecule has 0 bridgehead atoms. The normalized spacial score (nSPS) is 10.9. The Labute approximate surface area is 126 Å². The largest absolute Gasteiger partial charge is 0.481 e. The second-order valence-corrected chi connectivity index (χ2v) is 5.16. The Bertz CT molecular complexity index is 794. The van der Waals surface area contributed by atoms with E-state index in [-0.39, 0.29) is 6.42 Å². The number of aliphatic carboxylic acids is 1. The van der Waals surface area contributed by atoms with E-state index < -0.39 is 5.97 Å². The van der Waals surface area contributed by atoms with E-state index in [0.29, 0.717) is 11.6 Å². The van der Waals surface area contributed by atoms with Crippen LogP contribution >= 0.6 is 11.6 Å². The fraction of sp³-hybridized carbons (Fsp3) is 0.125. The standard InChI is InChI=1S/C16H13ClN2O2/c17-12-7-5-11(6-8-12)16-18-13-3-1-2-4-14(13)19(16)10-9-15(20)21/h1-8H,9-10H2,(H,20,21). The summed E-state index contributed by atoms with van der Waals surface area (Å²) in [5, 5.41) is 9.59. The van der Waals surface area contributed by atoms with E-state index in [9.17, 15) is 4.79 Å². The number of carboxylic acids is 1. The van der Waals surface area contributed by atoms with E-state index in [1.54, 1.807) is 12.1 Å². The minimum absolute atomic E-state index is 0.0565. The molecule has 1 heterocycles. The van der Waals surface area contributed by atoms with Gasteiger partial charge in [0, 0.05) is 17.1 Å². The molecule has 2 aromatic carbocycles. The number of nitrogens with zero attached hydrogens (tertiary/aromatic N) is 2. The van der Waals surface area contributed by atoms with Gasteiger partial charge in [0.25, 0.3) is 0 Å². The van der Waals surface area contributed by atoms with Crippen LogP contribution in [-0.2, 0) is 11.3 Å². The predicted octanol–water partition coefficient (Wildman–Crippen LogP) is 3.83. The summed E-state index contributed by atoms with van der Waals surface area (Å²) in [5.74, 6) is -0.0658. The third-order valence-electron chi connectivity index (χ3n) is 3.31. The molecule has 5 heteroatoms. The van der Waals surface area contributed by atoms with Crippen LogP contribution in [0.5, 0.6) is 0 Å². The van der Waals surface area contributed by atoms with Crippen molar-refractivity contribution in [2.45, 2.75) is 13.0 Å². The molecule has 4 nitrogen and oxygen atoms in total. The number of para-hydroxylation sites is 2. The van der Waals surface area contributed by atoms with E-state index in [4.69, 9.17) is 16.7 Å². The van der Waals surface area contributed by atoms with Gasteiger partial charge in [-0.3, -0.25) is 4.79 Å². The average Bonchev–Trinajstić information content (AvgIpc) is 2.84. The van der Waals surface area contributed by atoms with Gasteiger partial charge in [-0.1, -0.05) is 23.7 Å². The molecule has 3 rings (SSSR count). The van der Waals surface area contributed by atoms with Gasteiger partial charge in [-0.25, -0.2) is 4.98 Å². The highest BCUT2D eigenvalue weighted by atomic mass is 35.5. The van der Waals surface area contributed by atoms with Crippen LogP contribution in [0.15, 0.2) is 48.5 Å². The van der Waals surface area contributed by atoms with Crippen molar-refractivity contribution in [1.82, 2.24) is 9.55 Å². The highest BCUT2D eigenvalue weighted by Gasteiger charge is 2.13. The number of hydrogen-bond acceptors (Lipinski definition) is 2. The van der Waals surface area contributed by atoms with Crippen LogP contribution < -0.4 is 0 Å². The Morgan fingerprint density at radius 1 is 1.14 bits per heavy atom. The maximum Gasteiger partial charge on any atom is 0.305 e. The summed E-state index contributed by atoms with van der Waals surface area (Å²) in [6.07, 6.45) is 0.0565. The predicted molar refractivity (Wildman–Crippen MR) is 82.4 cm³/mol. The first-order chi connectivity index (χ1) is 10.1. The summed E-state index contributed by atoms with van der Waals surface area (Å²) < 4.78 is 1.94. The molecule has 1 N–H and O–H groups in total. The average molecular weight is 301 g/mol. The lowest BCUT2D eigenvalue weighted by Gasteiger charge is -2.08. The molecule has 0 radical (unpaired) electrons. The molecule has 0 spiro atoms. The number of benzene rings is 2. The zero-order valence-electron chi connectivity index (χ0n) is 11.2. The summed E-state index contributed by atoms with van der Waals surface area (Å²) in [5.41, 5.74) is 2.71. The molecule has 0 saturated carbocycles. The quantitative estimate of drug-likeness (QED) is 0.796. The molecule has 3 aromatic rings. The molecule has 0 atom stereocenters. The van der Waals surface area contributed by atoms with E-state index in [1.165, 1.54) is 0 Å². The first-order valence-corrected chi connectivity index (χ1v) is 6.96. The maximum atomic E-state index is 10.9. The fourth-order valence-corrected chi connectivity index (χ4v) is 2.45. The molecule has 21 heavy (non-hydrogen) atoms. The number of carbonyl (C=O) groups is 1. The smallest absolute Gasteiger partial charge is 0.305 e. The van der Waals surface area contributed by atoms with E-state index in [2.05, 4.69) is 4.98 Å². The molecule has 0 unspecified atom stereocenters. The number of rotatable bonds is 4.